The standard InChI is InChI=1S/C18H18N2O4/c21-17(11-13-5-7-15(8-6-13)20(23)24)19-12-18(22)10-9-14-3-1-2-4-16(14)18/h1-8,22H,9-12H2,(H,19,21). The molecule has 0 saturated heterocycles. The summed E-state index contributed by atoms with van der Waals surface area (Å²) in [5.41, 5.74) is 1.65. The van der Waals surface area contributed by atoms with Crippen LogP contribution in [-0.4, -0.2) is 22.5 Å². The van der Waals surface area contributed by atoms with Crippen LogP contribution in [0.25, 0.3) is 0 Å². The number of fused-ring (bicyclic) bond motifs is 1. The highest BCUT2D eigenvalue weighted by atomic mass is 16.6. The van der Waals surface area contributed by atoms with E-state index in [0.29, 0.717) is 12.0 Å². The van der Waals surface area contributed by atoms with E-state index in [9.17, 15) is 20.0 Å². The molecule has 1 unspecified atom stereocenters. The van der Waals surface area contributed by atoms with Gasteiger partial charge in [0, 0.05) is 12.1 Å². The molecule has 0 aliphatic heterocycles. The second-order valence-electron chi connectivity index (χ2n) is 6.07. The fourth-order valence-electron chi connectivity index (χ4n) is 3.08. The third-order valence-electron chi connectivity index (χ3n) is 4.42. The van der Waals surface area contributed by atoms with E-state index in [1.54, 1.807) is 12.1 Å². The number of amides is 1. The minimum Gasteiger partial charge on any atom is -0.383 e. The molecular formula is C18H18N2O4. The first kappa shape index (κ1) is 16.1. The molecule has 0 heterocycles. The largest absolute Gasteiger partial charge is 0.383 e. The van der Waals surface area contributed by atoms with Gasteiger partial charge in [-0.3, -0.25) is 14.9 Å². The molecule has 0 aromatic heterocycles. The van der Waals surface area contributed by atoms with Crippen LogP contribution in [0.2, 0.25) is 0 Å². The molecule has 0 saturated carbocycles. The molecule has 1 aliphatic rings. The van der Waals surface area contributed by atoms with E-state index in [0.717, 1.165) is 17.5 Å². The summed E-state index contributed by atoms with van der Waals surface area (Å²) in [5.74, 6) is -0.221. The summed E-state index contributed by atoms with van der Waals surface area (Å²) in [5, 5.41) is 24.2. The number of non-ortho nitro benzene ring substituents is 1. The van der Waals surface area contributed by atoms with E-state index in [1.165, 1.54) is 12.1 Å². The second kappa shape index (κ2) is 6.41. The average molecular weight is 326 g/mol. The number of aryl methyl sites for hydroxylation is 1. The van der Waals surface area contributed by atoms with Crippen molar-refractivity contribution < 1.29 is 14.8 Å². The first-order chi connectivity index (χ1) is 11.5. The maximum absolute atomic E-state index is 12.1. The number of nitrogens with one attached hydrogen (secondary N) is 1. The predicted octanol–water partition coefficient (Wildman–Crippen LogP) is 2.09. The van der Waals surface area contributed by atoms with E-state index < -0.39 is 10.5 Å². The Morgan fingerprint density at radius 2 is 1.92 bits per heavy atom. The maximum Gasteiger partial charge on any atom is 0.269 e. The zero-order chi connectivity index (χ0) is 17.2. The summed E-state index contributed by atoms with van der Waals surface area (Å²) >= 11 is 0. The van der Waals surface area contributed by atoms with Crippen LogP contribution in [0.15, 0.2) is 48.5 Å². The average Bonchev–Trinajstić information content (AvgIpc) is 2.92. The third-order valence-corrected chi connectivity index (χ3v) is 4.42. The number of benzene rings is 2. The molecule has 0 fully saturated rings. The van der Waals surface area contributed by atoms with Crippen LogP contribution in [0, 0.1) is 10.1 Å². The van der Waals surface area contributed by atoms with Gasteiger partial charge in [-0.05, 0) is 29.5 Å². The van der Waals surface area contributed by atoms with Gasteiger partial charge in [-0.1, -0.05) is 36.4 Å². The topological polar surface area (TPSA) is 92.5 Å². The Morgan fingerprint density at radius 3 is 2.62 bits per heavy atom. The monoisotopic (exact) mass is 326 g/mol. The Hall–Kier alpha value is -2.73. The molecule has 6 nitrogen and oxygen atoms in total. The number of nitro benzene ring substituents is 1. The van der Waals surface area contributed by atoms with Crippen molar-refractivity contribution in [2.45, 2.75) is 24.9 Å². The van der Waals surface area contributed by atoms with E-state index in [-0.39, 0.29) is 24.6 Å². The lowest BCUT2D eigenvalue weighted by Crippen LogP contribution is -2.39. The SMILES string of the molecule is O=C(Cc1ccc([N+](=O)[O-])cc1)NCC1(O)CCc2ccccc21. The van der Waals surface area contributed by atoms with Gasteiger partial charge in [0.1, 0.15) is 5.60 Å². The van der Waals surface area contributed by atoms with Crippen molar-refractivity contribution in [3.05, 3.63) is 75.3 Å². The Morgan fingerprint density at radius 1 is 1.21 bits per heavy atom. The quantitative estimate of drug-likeness (QED) is 0.650. The van der Waals surface area contributed by atoms with Crippen molar-refractivity contribution in [2.24, 2.45) is 0 Å². The summed E-state index contributed by atoms with van der Waals surface area (Å²) in [4.78, 5) is 22.2. The smallest absolute Gasteiger partial charge is 0.269 e. The third kappa shape index (κ3) is 3.28. The van der Waals surface area contributed by atoms with Crippen molar-refractivity contribution in [3.8, 4) is 0 Å². The lowest BCUT2D eigenvalue weighted by molar-refractivity contribution is -0.384. The summed E-state index contributed by atoms with van der Waals surface area (Å²) in [6.07, 6.45) is 1.50. The Labute approximate surface area is 139 Å². The van der Waals surface area contributed by atoms with Gasteiger partial charge in [0.2, 0.25) is 5.91 Å². The molecular weight excluding hydrogens is 308 g/mol. The van der Waals surface area contributed by atoms with E-state index in [4.69, 9.17) is 0 Å². The number of hydrogen-bond donors (Lipinski definition) is 2. The number of hydrogen-bond acceptors (Lipinski definition) is 4. The van der Waals surface area contributed by atoms with Gasteiger partial charge < -0.3 is 10.4 Å². The molecule has 124 valence electrons. The number of rotatable bonds is 5. The van der Waals surface area contributed by atoms with Gasteiger partial charge >= 0.3 is 0 Å². The highest BCUT2D eigenvalue weighted by Crippen LogP contribution is 2.36. The number of nitro groups is 1. The van der Waals surface area contributed by atoms with Crippen molar-refractivity contribution in [1.29, 1.82) is 0 Å². The molecule has 3 rings (SSSR count). The Kier molecular flexibility index (Phi) is 4.31. The number of aliphatic hydroxyl groups is 1. The Bertz CT molecular complexity index is 773. The van der Waals surface area contributed by atoms with Crippen LogP contribution < -0.4 is 5.32 Å². The minimum atomic E-state index is -1.03. The van der Waals surface area contributed by atoms with Crippen molar-refractivity contribution in [2.75, 3.05) is 6.54 Å². The molecule has 0 spiro atoms. The normalized spacial score (nSPS) is 18.9. The fraction of sp³-hybridized carbons (Fsp3) is 0.278. The second-order valence-corrected chi connectivity index (χ2v) is 6.07. The Balaban J connectivity index is 1.59. The molecule has 0 radical (unpaired) electrons. The summed E-state index contributed by atoms with van der Waals surface area (Å²) in [6, 6.07) is 13.6. The van der Waals surface area contributed by atoms with Crippen LogP contribution in [0.1, 0.15) is 23.1 Å². The van der Waals surface area contributed by atoms with Crippen LogP contribution in [-0.2, 0) is 23.2 Å². The first-order valence-electron chi connectivity index (χ1n) is 7.79. The molecule has 2 aromatic carbocycles. The van der Waals surface area contributed by atoms with E-state index >= 15 is 0 Å². The van der Waals surface area contributed by atoms with Crippen molar-refractivity contribution in [3.63, 3.8) is 0 Å². The summed E-state index contributed by atoms with van der Waals surface area (Å²) < 4.78 is 0. The van der Waals surface area contributed by atoms with Gasteiger partial charge in [-0.25, -0.2) is 0 Å². The lowest BCUT2D eigenvalue weighted by atomic mass is 9.96. The van der Waals surface area contributed by atoms with Gasteiger partial charge in [-0.15, -0.1) is 0 Å². The molecule has 2 aromatic rings. The highest BCUT2D eigenvalue weighted by molar-refractivity contribution is 5.78. The van der Waals surface area contributed by atoms with Crippen molar-refractivity contribution >= 4 is 11.6 Å². The summed E-state index contributed by atoms with van der Waals surface area (Å²) in [7, 11) is 0. The van der Waals surface area contributed by atoms with Crippen molar-refractivity contribution in [1.82, 2.24) is 5.32 Å². The number of nitrogens with zero attached hydrogens (tertiary/aromatic N) is 1. The molecule has 24 heavy (non-hydrogen) atoms. The predicted molar refractivity (Wildman–Crippen MR) is 88.5 cm³/mol. The molecule has 1 atom stereocenters. The van der Waals surface area contributed by atoms with Gasteiger partial charge in [0.15, 0.2) is 0 Å². The number of carbonyl (C=O) groups excluding carboxylic acids is 1. The molecule has 1 amide bonds. The fourth-order valence-corrected chi connectivity index (χ4v) is 3.08. The zero-order valence-electron chi connectivity index (χ0n) is 13.1. The van der Waals surface area contributed by atoms with E-state index in [2.05, 4.69) is 5.32 Å². The lowest BCUT2D eigenvalue weighted by Gasteiger charge is -2.24. The van der Waals surface area contributed by atoms with Crippen LogP contribution in [0.5, 0.6) is 0 Å². The van der Waals surface area contributed by atoms with Crippen LogP contribution in [0.3, 0.4) is 0 Å². The first-order valence-corrected chi connectivity index (χ1v) is 7.79. The van der Waals surface area contributed by atoms with E-state index in [1.807, 2.05) is 24.3 Å². The van der Waals surface area contributed by atoms with Gasteiger partial charge in [0.05, 0.1) is 17.9 Å². The minimum absolute atomic E-state index is 0.00367. The highest BCUT2D eigenvalue weighted by Gasteiger charge is 2.36. The molecule has 0 bridgehead atoms. The zero-order valence-corrected chi connectivity index (χ0v) is 13.1. The van der Waals surface area contributed by atoms with Crippen LogP contribution in [0.4, 0.5) is 5.69 Å². The molecule has 2 N–H and O–H groups in total. The maximum atomic E-state index is 12.1. The van der Waals surface area contributed by atoms with Crippen LogP contribution >= 0.6 is 0 Å². The summed E-state index contributed by atoms with van der Waals surface area (Å²) in [6.45, 7) is 0.163. The molecule has 1 aliphatic carbocycles. The van der Waals surface area contributed by atoms with Gasteiger partial charge in [-0.2, -0.15) is 0 Å². The molecule has 6 heteroatoms. The number of carbonyl (C=O) groups is 1. The van der Waals surface area contributed by atoms with Gasteiger partial charge in [0.25, 0.3) is 5.69 Å².